The molecule has 1 aromatic carbocycles. The molecule has 0 spiro atoms. The van der Waals surface area contributed by atoms with Crippen LogP contribution in [0.1, 0.15) is 38.2 Å². The van der Waals surface area contributed by atoms with Crippen molar-refractivity contribution in [3.63, 3.8) is 0 Å². The molecule has 1 unspecified atom stereocenters. The molecule has 0 bridgehead atoms. The lowest BCUT2D eigenvalue weighted by atomic mass is 9.83. The molecule has 1 atom stereocenters. The first-order valence-electron chi connectivity index (χ1n) is 5.55. The number of halogens is 2. The zero-order valence-corrected chi connectivity index (χ0v) is 10.6. The van der Waals surface area contributed by atoms with Crippen LogP contribution in [-0.4, -0.2) is 0 Å². The third kappa shape index (κ3) is 2.25. The summed E-state index contributed by atoms with van der Waals surface area (Å²) in [6, 6.07) is 7.62. The van der Waals surface area contributed by atoms with Crippen molar-refractivity contribution in [2.45, 2.75) is 38.3 Å². The van der Waals surface area contributed by atoms with E-state index in [1.54, 1.807) is 6.92 Å². The fourth-order valence-electron chi connectivity index (χ4n) is 2.48. The van der Waals surface area contributed by atoms with E-state index in [1.807, 2.05) is 24.3 Å². The lowest BCUT2D eigenvalue weighted by Crippen LogP contribution is -2.24. The summed E-state index contributed by atoms with van der Waals surface area (Å²) in [7, 11) is 0. The van der Waals surface area contributed by atoms with Crippen LogP contribution in [0.4, 0.5) is 4.39 Å². The maximum atomic E-state index is 14.6. The molecule has 0 nitrogen and oxygen atoms in total. The van der Waals surface area contributed by atoms with Crippen molar-refractivity contribution >= 4 is 15.9 Å². The number of hydrogen-bond donors (Lipinski definition) is 0. The predicted octanol–water partition coefficient (Wildman–Crippen LogP) is 4.82. The topological polar surface area (TPSA) is 0 Å². The van der Waals surface area contributed by atoms with Crippen LogP contribution in [0.15, 0.2) is 28.7 Å². The van der Waals surface area contributed by atoms with Crippen LogP contribution in [0.3, 0.4) is 0 Å². The van der Waals surface area contributed by atoms with Crippen LogP contribution in [0, 0.1) is 5.92 Å². The highest BCUT2D eigenvalue weighted by Gasteiger charge is 2.37. The van der Waals surface area contributed by atoms with E-state index in [1.165, 1.54) is 12.8 Å². The minimum Gasteiger partial charge on any atom is -0.239 e. The molecule has 0 radical (unpaired) electrons. The van der Waals surface area contributed by atoms with E-state index in [4.69, 9.17) is 0 Å². The van der Waals surface area contributed by atoms with Gasteiger partial charge in [0, 0.05) is 4.47 Å². The van der Waals surface area contributed by atoms with Gasteiger partial charge in [-0.25, -0.2) is 4.39 Å². The Bertz CT molecular complexity index is 323. The molecular formula is C13H16BrF. The molecule has 0 saturated heterocycles. The van der Waals surface area contributed by atoms with Crippen LogP contribution >= 0.6 is 15.9 Å². The Hall–Kier alpha value is -0.370. The van der Waals surface area contributed by atoms with Gasteiger partial charge in [-0.1, -0.05) is 40.9 Å². The van der Waals surface area contributed by atoms with Gasteiger partial charge < -0.3 is 0 Å². The molecule has 0 amide bonds. The summed E-state index contributed by atoms with van der Waals surface area (Å²) < 4.78 is 15.7. The molecule has 0 aliphatic heterocycles. The number of alkyl halides is 1. The van der Waals surface area contributed by atoms with Crippen molar-refractivity contribution < 1.29 is 4.39 Å². The second kappa shape index (κ2) is 4.25. The lowest BCUT2D eigenvalue weighted by Gasteiger charge is -2.27. The molecule has 82 valence electrons. The highest BCUT2D eigenvalue weighted by molar-refractivity contribution is 9.10. The fraction of sp³-hybridized carbons (Fsp3) is 0.538. The summed E-state index contributed by atoms with van der Waals surface area (Å²) in [4.78, 5) is 0. The zero-order valence-electron chi connectivity index (χ0n) is 8.97. The average molecular weight is 271 g/mol. The zero-order chi connectivity index (χ0) is 10.9. The van der Waals surface area contributed by atoms with Crippen LogP contribution < -0.4 is 0 Å². The summed E-state index contributed by atoms with van der Waals surface area (Å²) in [5, 5.41) is 0. The average Bonchev–Trinajstić information content (AvgIpc) is 2.71. The first-order valence-corrected chi connectivity index (χ1v) is 6.35. The monoisotopic (exact) mass is 270 g/mol. The minimum absolute atomic E-state index is 0.207. The van der Waals surface area contributed by atoms with Crippen LogP contribution in [0.25, 0.3) is 0 Å². The fourth-order valence-corrected chi connectivity index (χ4v) is 2.74. The third-order valence-corrected chi connectivity index (χ3v) is 4.06. The molecule has 1 saturated carbocycles. The molecular weight excluding hydrogens is 255 g/mol. The molecule has 15 heavy (non-hydrogen) atoms. The minimum atomic E-state index is -1.16. The highest BCUT2D eigenvalue weighted by Crippen LogP contribution is 2.43. The van der Waals surface area contributed by atoms with Gasteiger partial charge in [-0.3, -0.25) is 0 Å². The SMILES string of the molecule is CC(F)(c1ccc(Br)cc1)C1CCCC1. The largest absolute Gasteiger partial charge is 0.239 e. The van der Waals surface area contributed by atoms with Crippen molar-refractivity contribution in [1.82, 2.24) is 0 Å². The molecule has 0 aromatic heterocycles. The Kier molecular flexibility index (Phi) is 3.15. The summed E-state index contributed by atoms with van der Waals surface area (Å²) in [6.45, 7) is 1.73. The number of hydrogen-bond acceptors (Lipinski definition) is 0. The quantitative estimate of drug-likeness (QED) is 0.723. The second-order valence-electron chi connectivity index (χ2n) is 4.56. The Labute approximate surface area is 99.0 Å². The van der Waals surface area contributed by atoms with Gasteiger partial charge in [-0.15, -0.1) is 0 Å². The van der Waals surface area contributed by atoms with E-state index in [0.717, 1.165) is 22.9 Å². The van der Waals surface area contributed by atoms with Crippen molar-refractivity contribution in [3.8, 4) is 0 Å². The van der Waals surface area contributed by atoms with Gasteiger partial charge >= 0.3 is 0 Å². The molecule has 1 aromatic rings. The maximum Gasteiger partial charge on any atom is 0.136 e. The van der Waals surface area contributed by atoms with Gasteiger partial charge in [0.15, 0.2) is 0 Å². The van der Waals surface area contributed by atoms with Crippen LogP contribution in [0.2, 0.25) is 0 Å². The lowest BCUT2D eigenvalue weighted by molar-refractivity contribution is 0.104. The third-order valence-electron chi connectivity index (χ3n) is 3.53. The standard InChI is InChI=1S/C13H16BrF/c1-13(15,10-4-2-3-5-10)11-6-8-12(14)9-7-11/h6-10H,2-5H2,1H3. The number of rotatable bonds is 2. The van der Waals surface area contributed by atoms with Gasteiger partial charge in [0.05, 0.1) is 0 Å². The molecule has 0 N–H and O–H groups in total. The predicted molar refractivity (Wildman–Crippen MR) is 64.6 cm³/mol. The molecule has 2 rings (SSSR count). The summed E-state index contributed by atoms with van der Waals surface area (Å²) >= 11 is 3.37. The summed E-state index contributed by atoms with van der Waals surface area (Å²) in [5.41, 5.74) is -0.338. The Morgan fingerprint density at radius 1 is 1.20 bits per heavy atom. The highest BCUT2D eigenvalue weighted by atomic mass is 79.9. The normalized spacial score (nSPS) is 21.5. The van der Waals surface area contributed by atoms with Gasteiger partial charge in [-0.05, 0) is 43.4 Å². The van der Waals surface area contributed by atoms with Gasteiger partial charge in [0.1, 0.15) is 5.67 Å². The van der Waals surface area contributed by atoms with Gasteiger partial charge in [0.25, 0.3) is 0 Å². The Morgan fingerprint density at radius 3 is 2.27 bits per heavy atom. The molecule has 2 heteroatoms. The first-order chi connectivity index (χ1) is 7.10. The Morgan fingerprint density at radius 2 is 1.73 bits per heavy atom. The van der Waals surface area contributed by atoms with Gasteiger partial charge in [-0.2, -0.15) is 0 Å². The molecule has 0 heterocycles. The Balaban J connectivity index is 2.23. The van der Waals surface area contributed by atoms with E-state index >= 15 is 0 Å². The maximum absolute atomic E-state index is 14.6. The second-order valence-corrected chi connectivity index (χ2v) is 5.48. The summed E-state index contributed by atoms with van der Waals surface area (Å²) in [5.74, 6) is 0.207. The molecule has 1 aliphatic rings. The molecule has 1 aliphatic carbocycles. The van der Waals surface area contributed by atoms with Crippen LogP contribution in [-0.2, 0) is 5.67 Å². The summed E-state index contributed by atoms with van der Waals surface area (Å²) in [6.07, 6.45) is 4.42. The van der Waals surface area contributed by atoms with E-state index in [-0.39, 0.29) is 5.92 Å². The van der Waals surface area contributed by atoms with E-state index in [0.29, 0.717) is 0 Å². The van der Waals surface area contributed by atoms with Crippen molar-refractivity contribution in [3.05, 3.63) is 34.3 Å². The van der Waals surface area contributed by atoms with Crippen molar-refractivity contribution in [2.24, 2.45) is 5.92 Å². The van der Waals surface area contributed by atoms with E-state index < -0.39 is 5.67 Å². The smallest absolute Gasteiger partial charge is 0.136 e. The van der Waals surface area contributed by atoms with Crippen molar-refractivity contribution in [1.29, 1.82) is 0 Å². The van der Waals surface area contributed by atoms with Gasteiger partial charge in [0.2, 0.25) is 0 Å². The van der Waals surface area contributed by atoms with Crippen molar-refractivity contribution in [2.75, 3.05) is 0 Å². The first kappa shape index (κ1) is 11.1. The molecule has 1 fully saturated rings. The number of benzene rings is 1. The van der Waals surface area contributed by atoms with E-state index in [9.17, 15) is 4.39 Å². The van der Waals surface area contributed by atoms with E-state index in [2.05, 4.69) is 15.9 Å². The van der Waals surface area contributed by atoms with Crippen LogP contribution in [0.5, 0.6) is 0 Å².